The van der Waals surface area contributed by atoms with Crippen LogP contribution in [0.4, 0.5) is 5.69 Å². The Morgan fingerprint density at radius 3 is 2.49 bits per heavy atom. The Morgan fingerprint density at radius 1 is 1.03 bits per heavy atom. The number of nitrogens with one attached hydrogen (secondary N) is 2. The molecule has 2 aromatic carbocycles. The van der Waals surface area contributed by atoms with Crippen LogP contribution >= 0.6 is 0 Å². The summed E-state index contributed by atoms with van der Waals surface area (Å²) >= 11 is 0. The fourth-order valence-electron chi connectivity index (χ4n) is 6.99. The highest BCUT2D eigenvalue weighted by molar-refractivity contribution is 5.96. The van der Waals surface area contributed by atoms with Crippen LogP contribution in [0.5, 0.6) is 5.75 Å². The molecule has 4 aliphatic heterocycles. The van der Waals surface area contributed by atoms with Crippen molar-refractivity contribution >= 4 is 11.6 Å². The van der Waals surface area contributed by atoms with Crippen molar-refractivity contribution in [3.63, 3.8) is 0 Å². The average molecular weight is 528 g/mol. The van der Waals surface area contributed by atoms with E-state index < -0.39 is 0 Å². The summed E-state index contributed by atoms with van der Waals surface area (Å²) in [6.45, 7) is 7.09. The van der Waals surface area contributed by atoms with Gasteiger partial charge in [-0.2, -0.15) is 0 Å². The lowest BCUT2D eigenvalue weighted by Crippen LogP contribution is -2.57. The van der Waals surface area contributed by atoms with Crippen LogP contribution in [0.15, 0.2) is 66.9 Å². The topological polar surface area (TPSA) is 60.1 Å². The number of amides is 1. The molecule has 0 aromatic heterocycles. The summed E-state index contributed by atoms with van der Waals surface area (Å²) in [4.78, 5) is 20.8. The number of rotatable bonds is 7. The zero-order valence-corrected chi connectivity index (χ0v) is 23.2. The monoisotopic (exact) mass is 527 g/mol. The van der Waals surface area contributed by atoms with Crippen molar-refractivity contribution in [3.8, 4) is 5.75 Å². The molecule has 7 heteroatoms. The number of ether oxygens (including phenoxy) is 1. The van der Waals surface area contributed by atoms with Gasteiger partial charge in [-0.15, -0.1) is 0 Å². The molecule has 3 fully saturated rings. The molecule has 3 saturated heterocycles. The predicted molar refractivity (Wildman–Crippen MR) is 156 cm³/mol. The SMILES string of the molecule is COc1cccc(C(=O)NC2CC3CCC(C2)N3C2C=CC=CN2Cc2ccc(N3CCNCC3)cc2)c1C. The molecule has 0 saturated carbocycles. The number of fused-ring (bicyclic) bond motifs is 2. The summed E-state index contributed by atoms with van der Waals surface area (Å²) in [6.07, 6.45) is 13.5. The number of piperazine rings is 1. The van der Waals surface area contributed by atoms with E-state index in [9.17, 15) is 4.79 Å². The van der Waals surface area contributed by atoms with Crippen LogP contribution in [0.3, 0.4) is 0 Å². The molecule has 2 bridgehead atoms. The van der Waals surface area contributed by atoms with Crippen LogP contribution in [0, 0.1) is 6.92 Å². The Balaban J connectivity index is 1.10. The van der Waals surface area contributed by atoms with Crippen LogP contribution in [-0.2, 0) is 6.54 Å². The highest BCUT2D eigenvalue weighted by Crippen LogP contribution is 2.39. The fourth-order valence-corrected chi connectivity index (χ4v) is 6.99. The van der Waals surface area contributed by atoms with Gasteiger partial charge in [0.15, 0.2) is 0 Å². The molecule has 3 atom stereocenters. The summed E-state index contributed by atoms with van der Waals surface area (Å²) in [5.74, 6) is 0.767. The zero-order valence-electron chi connectivity index (χ0n) is 23.2. The maximum absolute atomic E-state index is 13.2. The average Bonchev–Trinajstić information content (AvgIpc) is 3.23. The van der Waals surface area contributed by atoms with Gasteiger partial charge in [0.1, 0.15) is 11.9 Å². The van der Waals surface area contributed by atoms with E-state index in [1.165, 1.54) is 24.1 Å². The first-order valence-corrected chi connectivity index (χ1v) is 14.5. The largest absolute Gasteiger partial charge is 0.496 e. The lowest BCUT2D eigenvalue weighted by molar-refractivity contribution is 0.0226. The molecule has 3 unspecified atom stereocenters. The molecule has 4 aliphatic rings. The molecule has 0 radical (unpaired) electrons. The van der Waals surface area contributed by atoms with Crippen LogP contribution in [0.25, 0.3) is 0 Å². The molecule has 39 heavy (non-hydrogen) atoms. The van der Waals surface area contributed by atoms with Gasteiger partial charge in [0, 0.05) is 73.9 Å². The maximum atomic E-state index is 13.2. The first kappa shape index (κ1) is 26.0. The van der Waals surface area contributed by atoms with Crippen LogP contribution < -0.4 is 20.3 Å². The molecule has 0 spiro atoms. The summed E-state index contributed by atoms with van der Waals surface area (Å²) in [7, 11) is 1.65. The van der Waals surface area contributed by atoms with E-state index in [4.69, 9.17) is 4.74 Å². The van der Waals surface area contributed by atoms with Gasteiger partial charge in [-0.1, -0.05) is 24.3 Å². The van der Waals surface area contributed by atoms with Gasteiger partial charge in [-0.3, -0.25) is 9.69 Å². The van der Waals surface area contributed by atoms with E-state index in [1.807, 2.05) is 25.1 Å². The van der Waals surface area contributed by atoms with Crippen molar-refractivity contribution in [2.24, 2.45) is 0 Å². The number of anilines is 1. The highest BCUT2D eigenvalue weighted by atomic mass is 16.5. The first-order chi connectivity index (χ1) is 19.1. The van der Waals surface area contributed by atoms with Gasteiger partial charge >= 0.3 is 0 Å². The number of hydrogen-bond acceptors (Lipinski definition) is 6. The van der Waals surface area contributed by atoms with Crippen molar-refractivity contribution in [2.45, 2.75) is 63.4 Å². The second-order valence-electron chi connectivity index (χ2n) is 11.3. The number of carbonyl (C=O) groups excluding carboxylic acids is 1. The Bertz CT molecular complexity index is 1210. The lowest BCUT2D eigenvalue weighted by atomic mass is 9.95. The normalized spacial score (nSPS) is 26.6. The Hall–Kier alpha value is -3.29. The number of nitrogens with zero attached hydrogens (tertiary/aromatic N) is 3. The quantitative estimate of drug-likeness (QED) is 0.567. The molecular formula is C32H41N5O2. The lowest BCUT2D eigenvalue weighted by Gasteiger charge is -2.47. The van der Waals surface area contributed by atoms with Crippen molar-refractivity contribution < 1.29 is 9.53 Å². The molecule has 206 valence electrons. The molecule has 1 amide bonds. The number of hydrogen-bond donors (Lipinski definition) is 2. The van der Waals surface area contributed by atoms with Gasteiger partial charge < -0.3 is 25.2 Å². The minimum Gasteiger partial charge on any atom is -0.496 e. The van der Waals surface area contributed by atoms with E-state index in [-0.39, 0.29) is 18.1 Å². The number of benzene rings is 2. The molecule has 7 nitrogen and oxygen atoms in total. The van der Waals surface area contributed by atoms with Gasteiger partial charge in [0.2, 0.25) is 0 Å². The van der Waals surface area contributed by atoms with Gasteiger partial charge in [0.25, 0.3) is 5.91 Å². The number of carbonyl (C=O) groups is 1. The van der Waals surface area contributed by atoms with Crippen molar-refractivity contribution in [2.75, 3.05) is 38.2 Å². The number of piperidine rings is 1. The van der Waals surface area contributed by atoms with E-state index in [0.717, 1.165) is 56.9 Å². The van der Waals surface area contributed by atoms with E-state index in [0.29, 0.717) is 17.6 Å². The third-order valence-corrected chi connectivity index (χ3v) is 8.97. The number of methoxy groups -OCH3 is 1. The zero-order chi connectivity index (χ0) is 26.8. The first-order valence-electron chi connectivity index (χ1n) is 14.5. The molecular weight excluding hydrogens is 486 g/mol. The predicted octanol–water partition coefficient (Wildman–Crippen LogP) is 4.05. The van der Waals surface area contributed by atoms with Crippen molar-refractivity contribution in [1.29, 1.82) is 0 Å². The van der Waals surface area contributed by atoms with Crippen molar-refractivity contribution in [1.82, 2.24) is 20.4 Å². The fraction of sp³-hybridized carbons (Fsp3) is 0.469. The van der Waals surface area contributed by atoms with Crippen molar-refractivity contribution in [3.05, 3.63) is 83.6 Å². The van der Waals surface area contributed by atoms with E-state index in [1.54, 1.807) is 7.11 Å². The van der Waals surface area contributed by atoms with Crippen LogP contribution in [0.2, 0.25) is 0 Å². The summed E-state index contributed by atoms with van der Waals surface area (Å²) in [6, 6.07) is 16.0. The second kappa shape index (κ2) is 11.4. The third-order valence-electron chi connectivity index (χ3n) is 8.97. The standard InChI is InChI=1S/C32H41N5O2/c1-23-29(6-5-7-30(23)39-2)32(38)34-25-20-27-13-14-28(21-25)37(27)31-8-3-4-17-36(31)22-24-9-11-26(12-10-24)35-18-15-33-16-19-35/h3-12,17,25,27-28,31,33H,13-16,18-22H2,1-2H3,(H,34,38). The van der Waals surface area contributed by atoms with Gasteiger partial charge in [-0.25, -0.2) is 0 Å². The Kier molecular flexibility index (Phi) is 7.62. The Morgan fingerprint density at radius 2 is 1.77 bits per heavy atom. The molecule has 4 heterocycles. The molecule has 6 rings (SSSR count). The van der Waals surface area contributed by atoms with E-state index >= 15 is 0 Å². The van der Waals surface area contributed by atoms with Gasteiger partial charge in [0.05, 0.1) is 7.11 Å². The summed E-state index contributed by atoms with van der Waals surface area (Å²) in [5, 5.41) is 6.79. The third kappa shape index (κ3) is 5.43. The molecule has 2 N–H and O–H groups in total. The second-order valence-corrected chi connectivity index (χ2v) is 11.3. The summed E-state index contributed by atoms with van der Waals surface area (Å²) in [5.41, 5.74) is 4.26. The highest BCUT2D eigenvalue weighted by Gasteiger charge is 2.45. The van der Waals surface area contributed by atoms with Crippen LogP contribution in [-0.4, -0.2) is 73.3 Å². The smallest absolute Gasteiger partial charge is 0.251 e. The van der Waals surface area contributed by atoms with E-state index in [2.05, 4.69) is 74.0 Å². The van der Waals surface area contributed by atoms with Gasteiger partial charge in [-0.05, 0) is 74.6 Å². The minimum absolute atomic E-state index is 0.00985. The molecule has 0 aliphatic carbocycles. The summed E-state index contributed by atoms with van der Waals surface area (Å²) < 4.78 is 5.43. The number of allylic oxidation sites excluding steroid dienone is 2. The Labute approximate surface area is 232 Å². The maximum Gasteiger partial charge on any atom is 0.251 e. The minimum atomic E-state index is 0.00985. The molecule has 2 aromatic rings. The van der Waals surface area contributed by atoms with Crippen LogP contribution in [0.1, 0.15) is 47.2 Å².